The first kappa shape index (κ1) is 36.7. The van der Waals surface area contributed by atoms with E-state index in [1.165, 1.54) is 10.3 Å². The van der Waals surface area contributed by atoms with Crippen LogP contribution in [0.3, 0.4) is 0 Å². The number of esters is 1. The molecule has 3 fully saturated rings. The number of aliphatic hydroxyl groups excluding tert-OH is 2. The van der Waals surface area contributed by atoms with Crippen LogP contribution in [0.1, 0.15) is 112 Å². The lowest BCUT2D eigenvalue weighted by Crippen LogP contribution is -2.65. The van der Waals surface area contributed by atoms with Crippen molar-refractivity contribution >= 4 is 5.97 Å². The predicted octanol–water partition coefficient (Wildman–Crippen LogP) is 6.85. The first-order chi connectivity index (χ1) is 23.4. The molecule has 3 N–H and O–H groups in total. The Labute approximate surface area is 298 Å². The van der Waals surface area contributed by atoms with Crippen LogP contribution in [0.25, 0.3) is 11.3 Å². The number of fused-ring (bicyclic) bond motifs is 5. The zero-order chi connectivity index (χ0) is 36.4. The zero-order valence-corrected chi connectivity index (χ0v) is 31.3. The highest BCUT2D eigenvalue weighted by atomic mass is 16.5. The van der Waals surface area contributed by atoms with Gasteiger partial charge in [-0.3, -0.25) is 4.79 Å². The largest absolute Gasteiger partial charge is 0.460 e. The second-order valence-corrected chi connectivity index (χ2v) is 18.1. The lowest BCUT2D eigenvalue weighted by Gasteiger charge is -2.67. The fourth-order valence-electron chi connectivity index (χ4n) is 11.3. The monoisotopic (exact) mass is 686 g/mol. The first-order valence-electron chi connectivity index (χ1n) is 18.8. The molecule has 4 aliphatic rings. The normalized spacial score (nSPS) is 35.9. The maximum absolute atomic E-state index is 14.0. The Morgan fingerprint density at radius 3 is 2.46 bits per heavy atom. The highest BCUT2D eigenvalue weighted by Crippen LogP contribution is 2.75. The van der Waals surface area contributed by atoms with E-state index in [1.807, 2.05) is 12.1 Å². The molecule has 1 aromatic carbocycles. The van der Waals surface area contributed by atoms with Crippen LogP contribution in [-0.4, -0.2) is 60.2 Å². The topological polar surface area (TPSA) is 141 Å². The van der Waals surface area contributed by atoms with Crippen LogP contribution in [0.2, 0.25) is 0 Å². The van der Waals surface area contributed by atoms with E-state index in [2.05, 4.69) is 64.0 Å². The third-order valence-electron chi connectivity index (χ3n) is 14.7. The number of benzene rings is 1. The highest BCUT2D eigenvalue weighted by Gasteiger charge is 2.71. The molecule has 9 nitrogen and oxygen atoms in total. The molecule has 0 bridgehead atoms. The molecule has 0 aliphatic heterocycles. The van der Waals surface area contributed by atoms with Crippen LogP contribution >= 0.6 is 0 Å². The smallest absolute Gasteiger partial charge is 0.328 e. The van der Waals surface area contributed by atoms with Gasteiger partial charge in [0.05, 0.1) is 35.6 Å². The quantitative estimate of drug-likeness (QED) is 0.192. The van der Waals surface area contributed by atoms with Gasteiger partial charge in [-0.25, -0.2) is 4.68 Å². The molecule has 4 aliphatic carbocycles. The third kappa shape index (κ3) is 5.93. The molecule has 0 radical (unpaired) electrons. The van der Waals surface area contributed by atoms with Crippen LogP contribution in [0.5, 0.6) is 0 Å². The van der Waals surface area contributed by atoms with Gasteiger partial charge in [0, 0.05) is 16.4 Å². The minimum Gasteiger partial charge on any atom is -0.460 e. The van der Waals surface area contributed by atoms with E-state index in [0.717, 1.165) is 50.5 Å². The average molecular weight is 687 g/mol. The van der Waals surface area contributed by atoms with Crippen molar-refractivity contribution in [3.63, 3.8) is 0 Å². The molecule has 272 valence electrons. The fourth-order valence-corrected chi connectivity index (χ4v) is 11.3. The van der Waals surface area contributed by atoms with Gasteiger partial charge in [0.25, 0.3) is 0 Å². The van der Waals surface area contributed by atoms with E-state index >= 15 is 0 Å². The molecule has 3 saturated carbocycles. The van der Waals surface area contributed by atoms with E-state index in [9.17, 15) is 20.1 Å². The Hall–Kier alpha value is -3.06. The number of nitriles is 1. The minimum absolute atomic E-state index is 0.0165. The summed E-state index contributed by atoms with van der Waals surface area (Å²) in [6.07, 6.45) is 9.48. The van der Waals surface area contributed by atoms with Crippen molar-refractivity contribution in [2.45, 2.75) is 137 Å². The van der Waals surface area contributed by atoms with E-state index in [4.69, 9.17) is 10.00 Å². The Bertz CT molecular complexity index is 1650. The summed E-state index contributed by atoms with van der Waals surface area (Å²) in [6.45, 7) is 17.2. The molecular formula is C41H58N4O5. The fraction of sp³-hybridized carbons (Fsp3) is 0.707. The number of hydrogen-bond acceptors (Lipinski definition) is 8. The van der Waals surface area contributed by atoms with Gasteiger partial charge in [-0.1, -0.05) is 70.5 Å². The van der Waals surface area contributed by atoms with Crippen LogP contribution in [0.4, 0.5) is 0 Å². The van der Waals surface area contributed by atoms with Gasteiger partial charge >= 0.3 is 5.97 Å². The Kier molecular flexibility index (Phi) is 9.44. The molecule has 0 spiro atoms. The minimum atomic E-state index is -1.14. The zero-order valence-electron chi connectivity index (χ0n) is 31.3. The van der Waals surface area contributed by atoms with Crippen LogP contribution < -0.4 is 0 Å². The van der Waals surface area contributed by atoms with Crippen molar-refractivity contribution in [2.75, 3.05) is 0 Å². The van der Waals surface area contributed by atoms with Gasteiger partial charge in [0.2, 0.25) is 0 Å². The van der Waals surface area contributed by atoms with Crippen LogP contribution in [-0.2, 0) is 16.1 Å². The molecular weight excluding hydrogens is 628 g/mol. The van der Waals surface area contributed by atoms with Crippen LogP contribution in [0.15, 0.2) is 42.1 Å². The van der Waals surface area contributed by atoms with Gasteiger partial charge in [-0.05, 0) is 112 Å². The lowest BCUT2D eigenvalue weighted by molar-refractivity contribution is -0.220. The lowest BCUT2D eigenvalue weighted by atomic mass is 9.38. The number of aliphatic hydroxyl groups is 3. The maximum atomic E-state index is 14.0. The summed E-state index contributed by atoms with van der Waals surface area (Å²) in [4.78, 5) is 14.0. The number of nitrogens with zero attached hydrogens (tertiary/aromatic N) is 4. The summed E-state index contributed by atoms with van der Waals surface area (Å²) in [5.74, 6) is 0.869. The average Bonchev–Trinajstić information content (AvgIpc) is 3.62. The standard InChI is InChI=1S/C41H58N4O5/c1-25(9-17-34(47)38(4,5)49)28-19-20-39(6)32-16-14-29-30(15-18-33(46)37(29,2)3)41(32,8)35(21-40(28,39)7)50-36(48)24-45-23-31(43-44-45)27-12-10-26(22-42)11-13-27/h10-14,23,25,28,30,32-35,46-47,49H,9,15-21,24H2,1-8H3/t25-,28-,30-,32+,33+,34-,35-,39+,40-,41+/m1/s1. The summed E-state index contributed by atoms with van der Waals surface area (Å²) < 4.78 is 8.25. The molecule has 1 aromatic heterocycles. The van der Waals surface area contributed by atoms with Crippen LogP contribution in [0, 0.1) is 56.7 Å². The number of ether oxygens (including phenoxy) is 1. The Morgan fingerprint density at radius 2 is 1.80 bits per heavy atom. The van der Waals surface area contributed by atoms with Gasteiger partial charge in [0.15, 0.2) is 0 Å². The number of carbonyl (C=O) groups excluding carboxylic acids is 1. The summed E-state index contributed by atoms with van der Waals surface area (Å²) in [5, 5.41) is 49.9. The number of aromatic nitrogens is 3. The summed E-state index contributed by atoms with van der Waals surface area (Å²) in [7, 11) is 0. The summed E-state index contributed by atoms with van der Waals surface area (Å²) in [5.41, 5.74) is 1.44. The molecule has 0 saturated heterocycles. The number of allylic oxidation sites excluding steroid dienone is 1. The van der Waals surface area contributed by atoms with Crippen molar-refractivity contribution in [3.8, 4) is 17.3 Å². The molecule has 2 aromatic rings. The Balaban J connectivity index is 1.30. The second-order valence-electron chi connectivity index (χ2n) is 18.1. The summed E-state index contributed by atoms with van der Waals surface area (Å²) >= 11 is 0. The number of hydrogen-bond donors (Lipinski definition) is 3. The predicted molar refractivity (Wildman–Crippen MR) is 191 cm³/mol. The number of rotatable bonds is 9. The van der Waals surface area contributed by atoms with Crippen molar-refractivity contribution < 1.29 is 24.9 Å². The SMILES string of the molecule is C[C@H](CC[C@@H](O)C(C)(C)O)[C@H]1CC[C@@]2(C)[C@@H]3CC=C4[C@@H](CC[C@H](O)C4(C)C)[C@]3(C)[C@H](OC(=O)Cn3cc(-c4ccc(C#N)cc4)nn3)C[C@]12C. The molecule has 10 atom stereocenters. The molecule has 0 amide bonds. The molecule has 50 heavy (non-hydrogen) atoms. The van der Waals surface area contributed by atoms with Gasteiger partial charge in [0.1, 0.15) is 18.3 Å². The molecule has 9 heteroatoms. The molecule has 0 unspecified atom stereocenters. The molecule has 1 heterocycles. The Morgan fingerprint density at radius 1 is 1.10 bits per heavy atom. The van der Waals surface area contributed by atoms with Crippen molar-refractivity contribution in [1.29, 1.82) is 5.26 Å². The van der Waals surface area contributed by atoms with Crippen molar-refractivity contribution in [2.24, 2.45) is 45.3 Å². The van der Waals surface area contributed by atoms with Gasteiger partial charge in [-0.2, -0.15) is 5.26 Å². The van der Waals surface area contributed by atoms with Crippen molar-refractivity contribution in [1.82, 2.24) is 15.0 Å². The highest BCUT2D eigenvalue weighted by molar-refractivity contribution is 5.70. The van der Waals surface area contributed by atoms with Crippen molar-refractivity contribution in [3.05, 3.63) is 47.7 Å². The van der Waals surface area contributed by atoms with E-state index in [-0.39, 0.29) is 46.2 Å². The summed E-state index contributed by atoms with van der Waals surface area (Å²) in [6, 6.07) is 9.26. The second kappa shape index (κ2) is 12.9. The van der Waals surface area contributed by atoms with Gasteiger partial charge in [-0.15, -0.1) is 5.10 Å². The third-order valence-corrected chi connectivity index (χ3v) is 14.7. The van der Waals surface area contributed by atoms with Gasteiger partial charge < -0.3 is 20.1 Å². The number of carbonyl (C=O) groups is 1. The van der Waals surface area contributed by atoms with E-state index in [0.29, 0.717) is 35.4 Å². The first-order valence-corrected chi connectivity index (χ1v) is 18.8. The van der Waals surface area contributed by atoms with E-state index < -0.39 is 17.8 Å². The van der Waals surface area contributed by atoms with E-state index in [1.54, 1.807) is 32.2 Å². The molecule has 6 rings (SSSR count). The maximum Gasteiger partial charge on any atom is 0.328 e.